The summed E-state index contributed by atoms with van der Waals surface area (Å²) in [4.78, 5) is 0. The van der Waals surface area contributed by atoms with Crippen LogP contribution >= 0.6 is 23.2 Å². The molecule has 0 saturated heterocycles. The molecule has 2 heteroatoms. The summed E-state index contributed by atoms with van der Waals surface area (Å²) < 4.78 is 0. The molecule has 0 amide bonds. The first-order chi connectivity index (χ1) is 8.79. The van der Waals surface area contributed by atoms with E-state index in [1.165, 1.54) is 70.6 Å². The van der Waals surface area contributed by atoms with Gasteiger partial charge in [0.1, 0.15) is 0 Å². The molecule has 0 aliphatic heterocycles. The summed E-state index contributed by atoms with van der Waals surface area (Å²) in [5.41, 5.74) is 0.240. The van der Waals surface area contributed by atoms with Crippen LogP contribution in [0.15, 0.2) is 0 Å². The number of alkyl halides is 2. The summed E-state index contributed by atoms with van der Waals surface area (Å²) in [7, 11) is 0. The molecule has 0 aromatic heterocycles. The monoisotopic (exact) mass is 292 g/mol. The quantitative estimate of drug-likeness (QED) is 0.323. The lowest BCUT2D eigenvalue weighted by Gasteiger charge is -2.36. The van der Waals surface area contributed by atoms with Gasteiger partial charge in [0.2, 0.25) is 0 Å². The van der Waals surface area contributed by atoms with E-state index < -0.39 is 0 Å². The molecule has 0 radical (unpaired) electrons. The van der Waals surface area contributed by atoms with Crippen LogP contribution in [0.1, 0.15) is 77.6 Å². The molecule has 0 spiro atoms. The fourth-order valence-electron chi connectivity index (χ4n) is 3.39. The van der Waals surface area contributed by atoms with Crippen molar-refractivity contribution in [1.82, 2.24) is 0 Å². The molecule has 0 unspecified atom stereocenters. The Morgan fingerprint density at radius 1 is 0.889 bits per heavy atom. The van der Waals surface area contributed by atoms with Gasteiger partial charge in [0, 0.05) is 17.2 Å². The Kier molecular flexibility index (Phi) is 8.76. The van der Waals surface area contributed by atoms with Crippen LogP contribution in [0.4, 0.5) is 0 Å². The predicted octanol–water partition coefficient (Wildman–Crippen LogP) is 6.39. The molecule has 18 heavy (non-hydrogen) atoms. The average Bonchev–Trinajstić information content (AvgIpc) is 2.93. The Hall–Kier alpha value is 0.580. The van der Waals surface area contributed by atoms with Crippen LogP contribution in [0, 0.1) is 11.3 Å². The first kappa shape index (κ1) is 16.6. The van der Waals surface area contributed by atoms with E-state index in [1.807, 2.05) is 0 Å². The molecule has 1 rings (SSSR count). The summed E-state index contributed by atoms with van der Waals surface area (Å²) in [6, 6.07) is 0. The van der Waals surface area contributed by atoms with Crippen molar-refractivity contribution in [3.8, 4) is 0 Å². The van der Waals surface area contributed by atoms with E-state index in [9.17, 15) is 0 Å². The van der Waals surface area contributed by atoms with Crippen LogP contribution in [0.25, 0.3) is 0 Å². The van der Waals surface area contributed by atoms with Crippen molar-refractivity contribution in [1.29, 1.82) is 0 Å². The molecular formula is C16H30Cl2. The largest absolute Gasteiger partial charge is 0.126 e. The maximum absolute atomic E-state index is 6.28. The van der Waals surface area contributed by atoms with Crippen LogP contribution in [-0.4, -0.2) is 11.8 Å². The van der Waals surface area contributed by atoms with Gasteiger partial charge in [-0.05, 0) is 25.2 Å². The SMILES string of the molecule is CCCCCCCCC(CCl)(CCl)C1CCCC1. The van der Waals surface area contributed by atoms with Crippen molar-refractivity contribution in [3.63, 3.8) is 0 Å². The normalized spacial score (nSPS) is 17.5. The fraction of sp³-hybridized carbons (Fsp3) is 1.00. The lowest BCUT2D eigenvalue weighted by molar-refractivity contribution is 0.201. The van der Waals surface area contributed by atoms with Crippen LogP contribution < -0.4 is 0 Å². The van der Waals surface area contributed by atoms with Gasteiger partial charge in [-0.1, -0.05) is 58.3 Å². The number of halogens is 2. The van der Waals surface area contributed by atoms with Gasteiger partial charge in [-0.25, -0.2) is 0 Å². The molecular weight excluding hydrogens is 263 g/mol. The van der Waals surface area contributed by atoms with Crippen LogP contribution in [0.2, 0.25) is 0 Å². The molecule has 0 heterocycles. The highest BCUT2D eigenvalue weighted by molar-refractivity contribution is 6.21. The van der Waals surface area contributed by atoms with Crippen LogP contribution in [-0.2, 0) is 0 Å². The number of rotatable bonds is 10. The van der Waals surface area contributed by atoms with Crippen LogP contribution in [0.5, 0.6) is 0 Å². The molecule has 1 saturated carbocycles. The van der Waals surface area contributed by atoms with Gasteiger partial charge in [0.25, 0.3) is 0 Å². The van der Waals surface area contributed by atoms with Gasteiger partial charge in [-0.2, -0.15) is 0 Å². The molecule has 0 aromatic rings. The summed E-state index contributed by atoms with van der Waals surface area (Å²) in [5, 5.41) is 0. The van der Waals surface area contributed by atoms with Crippen molar-refractivity contribution >= 4 is 23.2 Å². The molecule has 0 nitrogen and oxygen atoms in total. The smallest absolute Gasteiger partial charge is 0.0294 e. The average molecular weight is 293 g/mol. The van der Waals surface area contributed by atoms with E-state index in [0.717, 1.165) is 17.7 Å². The van der Waals surface area contributed by atoms with Crippen molar-refractivity contribution in [2.45, 2.75) is 77.6 Å². The summed E-state index contributed by atoms with van der Waals surface area (Å²) in [5.74, 6) is 2.31. The zero-order chi connectivity index (χ0) is 13.3. The molecule has 0 atom stereocenters. The zero-order valence-corrected chi connectivity index (χ0v) is 13.5. The lowest BCUT2D eigenvalue weighted by Crippen LogP contribution is -2.33. The van der Waals surface area contributed by atoms with Crippen molar-refractivity contribution in [2.75, 3.05) is 11.8 Å². The fourth-order valence-corrected chi connectivity index (χ4v) is 4.38. The second kappa shape index (κ2) is 9.48. The molecule has 0 N–H and O–H groups in total. The number of hydrogen-bond acceptors (Lipinski definition) is 0. The topological polar surface area (TPSA) is 0 Å². The first-order valence-electron chi connectivity index (χ1n) is 7.91. The maximum Gasteiger partial charge on any atom is 0.0294 e. The van der Waals surface area contributed by atoms with Gasteiger partial charge in [0.05, 0.1) is 0 Å². The van der Waals surface area contributed by atoms with E-state index in [4.69, 9.17) is 23.2 Å². The highest BCUT2D eigenvalue weighted by atomic mass is 35.5. The van der Waals surface area contributed by atoms with E-state index >= 15 is 0 Å². The van der Waals surface area contributed by atoms with Gasteiger partial charge in [-0.15, -0.1) is 23.2 Å². The molecule has 1 aliphatic rings. The molecule has 0 bridgehead atoms. The molecule has 1 fully saturated rings. The summed E-state index contributed by atoms with van der Waals surface area (Å²) >= 11 is 12.6. The van der Waals surface area contributed by atoms with Gasteiger partial charge in [0.15, 0.2) is 0 Å². The summed E-state index contributed by atoms with van der Waals surface area (Å²) in [6.45, 7) is 2.27. The Morgan fingerprint density at radius 2 is 1.44 bits per heavy atom. The van der Waals surface area contributed by atoms with E-state index in [-0.39, 0.29) is 5.41 Å². The Morgan fingerprint density at radius 3 is 2.00 bits per heavy atom. The predicted molar refractivity (Wildman–Crippen MR) is 83.8 cm³/mol. The van der Waals surface area contributed by atoms with Gasteiger partial charge in [-0.3, -0.25) is 0 Å². The maximum atomic E-state index is 6.28. The first-order valence-corrected chi connectivity index (χ1v) is 8.98. The van der Waals surface area contributed by atoms with E-state index in [0.29, 0.717) is 0 Å². The third-order valence-corrected chi connectivity index (χ3v) is 5.85. The minimum Gasteiger partial charge on any atom is -0.126 e. The lowest BCUT2D eigenvalue weighted by atomic mass is 9.73. The highest BCUT2D eigenvalue weighted by Gasteiger charge is 2.38. The minimum absolute atomic E-state index is 0.240. The molecule has 108 valence electrons. The minimum atomic E-state index is 0.240. The standard InChI is InChI=1S/C16H30Cl2/c1-2-3-4-5-6-9-12-16(13-17,14-18)15-10-7-8-11-15/h15H,2-14H2,1H3. The third kappa shape index (κ3) is 4.93. The molecule has 0 aromatic carbocycles. The Bertz CT molecular complexity index is 193. The highest BCUT2D eigenvalue weighted by Crippen LogP contribution is 2.45. The van der Waals surface area contributed by atoms with Gasteiger partial charge >= 0.3 is 0 Å². The third-order valence-electron chi connectivity index (χ3n) is 4.78. The summed E-state index contributed by atoms with van der Waals surface area (Å²) in [6.07, 6.45) is 14.9. The van der Waals surface area contributed by atoms with E-state index in [2.05, 4.69) is 6.92 Å². The Labute approximate surface area is 124 Å². The van der Waals surface area contributed by atoms with Crippen molar-refractivity contribution in [2.24, 2.45) is 11.3 Å². The zero-order valence-electron chi connectivity index (χ0n) is 12.0. The van der Waals surface area contributed by atoms with Crippen molar-refractivity contribution < 1.29 is 0 Å². The second-order valence-electron chi connectivity index (χ2n) is 6.13. The van der Waals surface area contributed by atoms with Crippen molar-refractivity contribution in [3.05, 3.63) is 0 Å². The second-order valence-corrected chi connectivity index (χ2v) is 6.66. The van der Waals surface area contributed by atoms with Gasteiger partial charge < -0.3 is 0 Å². The van der Waals surface area contributed by atoms with Crippen LogP contribution in [0.3, 0.4) is 0 Å². The number of hydrogen-bond donors (Lipinski definition) is 0. The van der Waals surface area contributed by atoms with E-state index in [1.54, 1.807) is 0 Å². The molecule has 1 aliphatic carbocycles. The Balaban J connectivity index is 2.28. The number of unbranched alkanes of at least 4 members (excludes halogenated alkanes) is 5.